The van der Waals surface area contributed by atoms with E-state index in [-0.39, 0.29) is 5.97 Å². The van der Waals surface area contributed by atoms with Crippen LogP contribution in [0.3, 0.4) is 0 Å². The lowest BCUT2D eigenvalue weighted by Crippen LogP contribution is -2.50. The Labute approximate surface area is 127 Å². The van der Waals surface area contributed by atoms with Crippen molar-refractivity contribution in [2.75, 3.05) is 19.8 Å². The fourth-order valence-corrected chi connectivity index (χ4v) is 2.19. The summed E-state index contributed by atoms with van der Waals surface area (Å²) in [5.74, 6) is 0.670. The van der Waals surface area contributed by atoms with E-state index < -0.39 is 5.54 Å². The molecule has 1 aromatic rings. The van der Waals surface area contributed by atoms with Crippen LogP contribution in [0, 0.1) is 6.92 Å². The fraction of sp³-hybridized carbons (Fsp3) is 0.588. The fourth-order valence-electron chi connectivity index (χ4n) is 2.19. The Kier molecular flexibility index (Phi) is 7.23. The molecule has 1 aromatic carbocycles. The smallest absolute Gasteiger partial charge is 0.326 e. The van der Waals surface area contributed by atoms with Gasteiger partial charge in [0.15, 0.2) is 0 Å². The van der Waals surface area contributed by atoms with Crippen LogP contribution in [0.5, 0.6) is 5.75 Å². The molecular weight excluding hydrogens is 266 g/mol. The van der Waals surface area contributed by atoms with E-state index >= 15 is 0 Å². The lowest BCUT2D eigenvalue weighted by atomic mass is 9.96. The predicted octanol–water partition coefficient (Wildman–Crippen LogP) is 3.09. The first kappa shape index (κ1) is 17.5. The molecule has 1 N–H and O–H groups in total. The molecule has 0 aliphatic heterocycles. The van der Waals surface area contributed by atoms with Crippen molar-refractivity contribution in [1.29, 1.82) is 0 Å². The number of nitrogens with one attached hydrogen (secondary N) is 1. The van der Waals surface area contributed by atoms with Gasteiger partial charge in [0.2, 0.25) is 0 Å². The molecule has 21 heavy (non-hydrogen) atoms. The van der Waals surface area contributed by atoms with Gasteiger partial charge in [-0.2, -0.15) is 0 Å². The van der Waals surface area contributed by atoms with Crippen molar-refractivity contribution < 1.29 is 14.3 Å². The van der Waals surface area contributed by atoms with Crippen molar-refractivity contribution in [1.82, 2.24) is 5.32 Å². The molecule has 0 fully saturated rings. The zero-order valence-corrected chi connectivity index (χ0v) is 13.6. The van der Waals surface area contributed by atoms with Crippen molar-refractivity contribution in [3.8, 4) is 5.75 Å². The minimum atomic E-state index is -0.638. The molecule has 4 nitrogen and oxygen atoms in total. The Balaban J connectivity index is 2.43. The Hall–Kier alpha value is -1.55. The second-order valence-electron chi connectivity index (χ2n) is 5.35. The third-order valence-electron chi connectivity index (χ3n) is 3.40. The number of hydrogen-bond donors (Lipinski definition) is 1. The van der Waals surface area contributed by atoms with Crippen LogP contribution in [0.15, 0.2) is 24.3 Å². The maximum absolute atomic E-state index is 12.0. The zero-order valence-electron chi connectivity index (χ0n) is 13.6. The van der Waals surface area contributed by atoms with Crippen molar-refractivity contribution in [3.63, 3.8) is 0 Å². The molecule has 0 aliphatic carbocycles. The summed E-state index contributed by atoms with van der Waals surface area (Å²) in [6.45, 7) is 9.47. The van der Waals surface area contributed by atoms with Crippen molar-refractivity contribution in [2.45, 2.75) is 46.1 Å². The number of ether oxygens (including phenoxy) is 2. The number of esters is 1. The SMILES string of the molecule is CCNC(C)(CCCOc1ccc(C)cc1)C(=O)OCC. The van der Waals surface area contributed by atoms with E-state index in [4.69, 9.17) is 9.47 Å². The average Bonchev–Trinajstić information content (AvgIpc) is 2.46. The quantitative estimate of drug-likeness (QED) is 0.561. The van der Waals surface area contributed by atoms with Gasteiger partial charge in [0, 0.05) is 0 Å². The Morgan fingerprint density at radius 3 is 2.48 bits per heavy atom. The minimum Gasteiger partial charge on any atom is -0.494 e. The summed E-state index contributed by atoms with van der Waals surface area (Å²) in [6, 6.07) is 7.97. The highest BCUT2D eigenvalue weighted by Gasteiger charge is 2.33. The van der Waals surface area contributed by atoms with Crippen molar-refractivity contribution >= 4 is 5.97 Å². The maximum Gasteiger partial charge on any atom is 0.326 e. The molecule has 1 unspecified atom stereocenters. The van der Waals surface area contributed by atoms with Gasteiger partial charge in [0.1, 0.15) is 11.3 Å². The van der Waals surface area contributed by atoms with E-state index in [2.05, 4.69) is 5.32 Å². The highest BCUT2D eigenvalue weighted by molar-refractivity contribution is 5.80. The third-order valence-corrected chi connectivity index (χ3v) is 3.40. The van der Waals surface area contributed by atoms with Gasteiger partial charge in [-0.3, -0.25) is 4.79 Å². The van der Waals surface area contributed by atoms with Gasteiger partial charge in [-0.25, -0.2) is 0 Å². The molecule has 0 aromatic heterocycles. The molecule has 0 spiro atoms. The highest BCUT2D eigenvalue weighted by atomic mass is 16.5. The lowest BCUT2D eigenvalue weighted by Gasteiger charge is -2.28. The molecule has 1 rings (SSSR count). The molecule has 0 heterocycles. The van der Waals surface area contributed by atoms with Gasteiger partial charge in [-0.05, 0) is 52.3 Å². The summed E-state index contributed by atoms with van der Waals surface area (Å²) in [5.41, 5.74) is 0.575. The second kappa shape index (κ2) is 8.67. The zero-order chi connectivity index (χ0) is 15.7. The Morgan fingerprint density at radius 1 is 1.24 bits per heavy atom. The highest BCUT2D eigenvalue weighted by Crippen LogP contribution is 2.16. The molecule has 0 bridgehead atoms. The number of likely N-dealkylation sites (N-methyl/N-ethyl adjacent to an activating group) is 1. The van der Waals surface area contributed by atoms with E-state index in [0.29, 0.717) is 19.6 Å². The summed E-state index contributed by atoms with van der Waals surface area (Å²) in [7, 11) is 0. The molecule has 0 amide bonds. The molecule has 118 valence electrons. The first-order chi connectivity index (χ1) is 10.0. The summed E-state index contributed by atoms with van der Waals surface area (Å²) in [5, 5.41) is 3.22. The van der Waals surface area contributed by atoms with Crippen molar-refractivity contribution in [3.05, 3.63) is 29.8 Å². The van der Waals surface area contributed by atoms with Gasteiger partial charge in [-0.15, -0.1) is 0 Å². The van der Waals surface area contributed by atoms with Crippen LogP contribution in [0.2, 0.25) is 0 Å². The van der Waals surface area contributed by atoms with Crippen molar-refractivity contribution in [2.24, 2.45) is 0 Å². The standard InChI is InChI=1S/C17H27NO3/c1-5-18-17(4,16(19)20-6-2)12-7-13-21-15-10-8-14(3)9-11-15/h8-11,18H,5-7,12-13H2,1-4H3. The van der Waals surface area contributed by atoms with E-state index in [9.17, 15) is 4.79 Å². The van der Waals surface area contributed by atoms with E-state index in [1.807, 2.05) is 52.0 Å². The monoisotopic (exact) mass is 293 g/mol. The van der Waals surface area contributed by atoms with Crippen LogP contribution in [0.4, 0.5) is 0 Å². The maximum atomic E-state index is 12.0. The van der Waals surface area contributed by atoms with Crippen LogP contribution in [0.25, 0.3) is 0 Å². The first-order valence-corrected chi connectivity index (χ1v) is 7.63. The Bertz CT molecular complexity index is 430. The van der Waals surface area contributed by atoms with Gasteiger partial charge in [0.25, 0.3) is 0 Å². The van der Waals surface area contributed by atoms with E-state index in [1.165, 1.54) is 5.56 Å². The molecular formula is C17H27NO3. The normalized spacial score (nSPS) is 13.5. The van der Waals surface area contributed by atoms with Gasteiger partial charge in [0.05, 0.1) is 13.2 Å². The summed E-state index contributed by atoms with van der Waals surface area (Å²) < 4.78 is 10.8. The van der Waals surface area contributed by atoms with Crippen LogP contribution in [-0.2, 0) is 9.53 Å². The van der Waals surface area contributed by atoms with Crippen LogP contribution in [-0.4, -0.2) is 31.3 Å². The van der Waals surface area contributed by atoms with Gasteiger partial charge >= 0.3 is 5.97 Å². The number of hydrogen-bond acceptors (Lipinski definition) is 4. The molecule has 0 saturated carbocycles. The lowest BCUT2D eigenvalue weighted by molar-refractivity contribution is -0.150. The van der Waals surface area contributed by atoms with Crippen LogP contribution >= 0.6 is 0 Å². The number of benzene rings is 1. The van der Waals surface area contributed by atoms with E-state index in [0.717, 1.165) is 18.7 Å². The van der Waals surface area contributed by atoms with E-state index in [1.54, 1.807) is 0 Å². The average molecular weight is 293 g/mol. The second-order valence-corrected chi connectivity index (χ2v) is 5.35. The summed E-state index contributed by atoms with van der Waals surface area (Å²) >= 11 is 0. The van der Waals surface area contributed by atoms with Gasteiger partial charge in [-0.1, -0.05) is 24.6 Å². The molecule has 1 atom stereocenters. The minimum absolute atomic E-state index is 0.192. The number of carbonyl (C=O) groups excluding carboxylic acids is 1. The summed E-state index contributed by atoms with van der Waals surface area (Å²) in [6.07, 6.45) is 1.47. The number of aryl methyl sites for hydroxylation is 1. The first-order valence-electron chi connectivity index (χ1n) is 7.63. The number of rotatable bonds is 9. The van der Waals surface area contributed by atoms with Gasteiger partial charge < -0.3 is 14.8 Å². The summed E-state index contributed by atoms with van der Waals surface area (Å²) in [4.78, 5) is 12.0. The topological polar surface area (TPSA) is 47.6 Å². The van der Waals surface area contributed by atoms with Crippen LogP contribution in [0.1, 0.15) is 39.2 Å². The molecule has 0 aliphatic rings. The molecule has 0 radical (unpaired) electrons. The predicted molar refractivity (Wildman–Crippen MR) is 84.6 cm³/mol. The third kappa shape index (κ3) is 5.76. The van der Waals surface area contributed by atoms with Crippen LogP contribution < -0.4 is 10.1 Å². The number of carbonyl (C=O) groups is 1. The largest absolute Gasteiger partial charge is 0.494 e. The Morgan fingerprint density at radius 2 is 1.90 bits per heavy atom. The molecule has 0 saturated heterocycles. The molecule has 4 heteroatoms.